The molecular formula is C18H23N3O. The van der Waals surface area contributed by atoms with Gasteiger partial charge in [-0.2, -0.15) is 0 Å². The number of benzene rings is 2. The number of hydrogen-bond donors (Lipinski definition) is 1. The van der Waals surface area contributed by atoms with Crippen LogP contribution in [-0.2, 0) is 6.54 Å². The van der Waals surface area contributed by atoms with Crippen molar-refractivity contribution in [3.8, 4) is 5.75 Å². The Morgan fingerprint density at radius 2 is 1.95 bits per heavy atom. The minimum Gasteiger partial charge on any atom is -0.495 e. The SMILES string of the molecule is COc1ccccc1N1Cc2c(cccc2N(C)C)C1CN. The average Bonchev–Trinajstić information content (AvgIpc) is 2.92. The van der Waals surface area contributed by atoms with E-state index in [1.807, 2.05) is 18.2 Å². The number of para-hydroxylation sites is 2. The Hall–Kier alpha value is -2.20. The molecule has 1 unspecified atom stereocenters. The minimum absolute atomic E-state index is 0.186. The van der Waals surface area contributed by atoms with Gasteiger partial charge in [0.25, 0.3) is 0 Å². The van der Waals surface area contributed by atoms with Crippen molar-refractivity contribution in [1.82, 2.24) is 0 Å². The van der Waals surface area contributed by atoms with Crippen LogP contribution in [0.3, 0.4) is 0 Å². The van der Waals surface area contributed by atoms with E-state index in [1.54, 1.807) is 7.11 Å². The van der Waals surface area contributed by atoms with E-state index in [9.17, 15) is 0 Å². The first-order valence-corrected chi connectivity index (χ1v) is 7.56. The zero-order valence-corrected chi connectivity index (χ0v) is 13.4. The summed E-state index contributed by atoms with van der Waals surface area (Å²) in [6, 6.07) is 14.8. The van der Waals surface area contributed by atoms with Crippen LogP contribution in [0, 0.1) is 0 Å². The topological polar surface area (TPSA) is 41.7 Å². The molecule has 1 heterocycles. The van der Waals surface area contributed by atoms with Gasteiger partial charge in [0.2, 0.25) is 0 Å². The highest BCUT2D eigenvalue weighted by Crippen LogP contribution is 2.43. The van der Waals surface area contributed by atoms with Crippen LogP contribution in [-0.4, -0.2) is 27.7 Å². The van der Waals surface area contributed by atoms with Crippen LogP contribution in [0.15, 0.2) is 42.5 Å². The molecule has 0 fully saturated rings. The number of ether oxygens (including phenoxy) is 1. The van der Waals surface area contributed by atoms with Gasteiger partial charge in [-0.25, -0.2) is 0 Å². The van der Waals surface area contributed by atoms with Crippen molar-refractivity contribution in [2.75, 3.05) is 37.5 Å². The summed E-state index contributed by atoms with van der Waals surface area (Å²) in [4.78, 5) is 4.51. The lowest BCUT2D eigenvalue weighted by atomic mass is 10.0. The quantitative estimate of drug-likeness (QED) is 0.942. The summed E-state index contributed by atoms with van der Waals surface area (Å²) in [5.74, 6) is 0.889. The molecule has 0 radical (unpaired) electrons. The van der Waals surface area contributed by atoms with Crippen LogP contribution in [0.25, 0.3) is 0 Å². The van der Waals surface area contributed by atoms with E-state index in [-0.39, 0.29) is 6.04 Å². The third-order valence-corrected chi connectivity index (χ3v) is 4.35. The number of nitrogens with zero attached hydrogens (tertiary/aromatic N) is 2. The van der Waals surface area contributed by atoms with Gasteiger partial charge in [-0.15, -0.1) is 0 Å². The van der Waals surface area contributed by atoms with Gasteiger partial charge in [-0.3, -0.25) is 0 Å². The van der Waals surface area contributed by atoms with Gasteiger partial charge in [-0.05, 0) is 23.8 Å². The Labute approximate surface area is 132 Å². The first-order valence-electron chi connectivity index (χ1n) is 7.56. The van der Waals surface area contributed by atoms with Crippen molar-refractivity contribution in [2.45, 2.75) is 12.6 Å². The highest BCUT2D eigenvalue weighted by atomic mass is 16.5. The second-order valence-electron chi connectivity index (χ2n) is 5.79. The van der Waals surface area contributed by atoms with Gasteiger partial charge in [-0.1, -0.05) is 24.3 Å². The summed E-state index contributed by atoms with van der Waals surface area (Å²) < 4.78 is 5.53. The fraction of sp³-hybridized carbons (Fsp3) is 0.333. The number of fused-ring (bicyclic) bond motifs is 1. The van der Waals surface area contributed by atoms with Crippen LogP contribution in [0.5, 0.6) is 5.75 Å². The molecule has 0 aromatic heterocycles. The van der Waals surface area contributed by atoms with E-state index in [0.717, 1.165) is 18.0 Å². The Morgan fingerprint density at radius 3 is 2.64 bits per heavy atom. The summed E-state index contributed by atoms with van der Waals surface area (Å²) in [7, 11) is 5.88. The molecule has 1 aliphatic heterocycles. The van der Waals surface area contributed by atoms with Gasteiger partial charge in [0, 0.05) is 38.4 Å². The van der Waals surface area contributed by atoms with Gasteiger partial charge in [0.1, 0.15) is 5.75 Å². The van der Waals surface area contributed by atoms with Crippen LogP contribution >= 0.6 is 0 Å². The number of anilines is 2. The highest BCUT2D eigenvalue weighted by Gasteiger charge is 2.32. The normalized spacial score (nSPS) is 16.5. The minimum atomic E-state index is 0.186. The Balaban J connectivity index is 2.07. The number of hydrogen-bond acceptors (Lipinski definition) is 4. The molecule has 2 aromatic rings. The molecule has 0 saturated heterocycles. The fourth-order valence-electron chi connectivity index (χ4n) is 3.32. The van der Waals surface area contributed by atoms with Crippen molar-refractivity contribution in [3.05, 3.63) is 53.6 Å². The first-order chi connectivity index (χ1) is 10.7. The molecule has 0 saturated carbocycles. The molecule has 3 rings (SSSR count). The lowest BCUT2D eigenvalue weighted by molar-refractivity contribution is 0.413. The molecule has 4 heteroatoms. The van der Waals surface area contributed by atoms with Gasteiger partial charge in [0.05, 0.1) is 18.8 Å². The molecule has 116 valence electrons. The second kappa shape index (κ2) is 5.89. The van der Waals surface area contributed by atoms with E-state index in [0.29, 0.717) is 6.54 Å². The predicted molar refractivity (Wildman–Crippen MR) is 91.7 cm³/mol. The lowest BCUT2D eigenvalue weighted by Crippen LogP contribution is -2.28. The van der Waals surface area contributed by atoms with Gasteiger partial charge in [0.15, 0.2) is 0 Å². The summed E-state index contributed by atoms with van der Waals surface area (Å²) >= 11 is 0. The molecule has 2 N–H and O–H groups in total. The van der Waals surface area contributed by atoms with E-state index in [1.165, 1.54) is 16.8 Å². The maximum absolute atomic E-state index is 6.10. The monoisotopic (exact) mass is 297 g/mol. The van der Waals surface area contributed by atoms with Gasteiger partial charge >= 0.3 is 0 Å². The number of nitrogens with two attached hydrogens (primary N) is 1. The molecule has 0 amide bonds. The van der Waals surface area contributed by atoms with E-state index in [2.05, 4.69) is 48.2 Å². The molecule has 1 atom stereocenters. The summed E-state index contributed by atoms with van der Waals surface area (Å²) in [5.41, 5.74) is 11.1. The van der Waals surface area contributed by atoms with Crippen molar-refractivity contribution in [3.63, 3.8) is 0 Å². The van der Waals surface area contributed by atoms with Crippen LogP contribution in [0.2, 0.25) is 0 Å². The summed E-state index contributed by atoms with van der Waals surface area (Å²) in [5, 5.41) is 0. The predicted octanol–water partition coefficient (Wildman–Crippen LogP) is 2.78. The fourth-order valence-corrected chi connectivity index (χ4v) is 3.32. The molecule has 22 heavy (non-hydrogen) atoms. The smallest absolute Gasteiger partial charge is 0.142 e. The third kappa shape index (κ3) is 2.29. The molecular weight excluding hydrogens is 274 g/mol. The van der Waals surface area contributed by atoms with E-state index in [4.69, 9.17) is 10.5 Å². The highest BCUT2D eigenvalue weighted by molar-refractivity contribution is 5.67. The Morgan fingerprint density at radius 1 is 1.18 bits per heavy atom. The van der Waals surface area contributed by atoms with Gasteiger partial charge < -0.3 is 20.3 Å². The van der Waals surface area contributed by atoms with Crippen molar-refractivity contribution in [2.24, 2.45) is 5.73 Å². The summed E-state index contributed by atoms with van der Waals surface area (Å²) in [6.45, 7) is 1.44. The standard InChI is InChI=1S/C18H23N3O/c1-20(2)15-9-6-7-13-14(15)12-21(17(13)11-19)16-8-4-5-10-18(16)22-3/h4-10,17H,11-12,19H2,1-3H3. The molecule has 0 aliphatic carbocycles. The molecule has 0 bridgehead atoms. The Bertz CT molecular complexity index is 669. The number of methoxy groups -OCH3 is 1. The maximum atomic E-state index is 6.10. The zero-order chi connectivity index (χ0) is 15.7. The zero-order valence-electron chi connectivity index (χ0n) is 13.4. The molecule has 4 nitrogen and oxygen atoms in total. The van der Waals surface area contributed by atoms with Crippen LogP contribution in [0.4, 0.5) is 11.4 Å². The average molecular weight is 297 g/mol. The second-order valence-corrected chi connectivity index (χ2v) is 5.79. The van der Waals surface area contributed by atoms with Crippen molar-refractivity contribution in [1.29, 1.82) is 0 Å². The first kappa shape index (κ1) is 14.7. The van der Waals surface area contributed by atoms with Crippen molar-refractivity contribution >= 4 is 11.4 Å². The van der Waals surface area contributed by atoms with Crippen LogP contribution < -0.4 is 20.3 Å². The third-order valence-electron chi connectivity index (χ3n) is 4.35. The molecule has 1 aliphatic rings. The Kier molecular flexibility index (Phi) is 3.94. The number of rotatable bonds is 4. The maximum Gasteiger partial charge on any atom is 0.142 e. The van der Waals surface area contributed by atoms with E-state index >= 15 is 0 Å². The largest absolute Gasteiger partial charge is 0.495 e. The molecule has 2 aromatic carbocycles. The van der Waals surface area contributed by atoms with Crippen molar-refractivity contribution < 1.29 is 4.74 Å². The lowest BCUT2D eigenvalue weighted by Gasteiger charge is -2.27. The van der Waals surface area contributed by atoms with E-state index < -0.39 is 0 Å². The summed E-state index contributed by atoms with van der Waals surface area (Å²) in [6.07, 6.45) is 0. The molecule has 0 spiro atoms. The van der Waals surface area contributed by atoms with Crippen LogP contribution in [0.1, 0.15) is 17.2 Å².